The molecule has 0 saturated carbocycles. The average molecular weight is 380 g/mol. The maximum Gasteiger partial charge on any atom is 0.419 e. The van der Waals surface area contributed by atoms with Crippen molar-refractivity contribution in [3.8, 4) is 0 Å². The average Bonchev–Trinajstić information content (AvgIpc) is 2.42. The van der Waals surface area contributed by atoms with Crippen molar-refractivity contribution in [1.82, 2.24) is 0 Å². The fraction of sp³-hybridized carbons (Fsp3) is 0.0714. The van der Waals surface area contributed by atoms with Crippen LogP contribution in [0.25, 0.3) is 0 Å². The van der Waals surface area contributed by atoms with Crippen molar-refractivity contribution in [2.75, 3.05) is 5.32 Å². The first-order chi connectivity index (χ1) is 10.2. The number of nitrogens with one attached hydrogen (secondary N) is 1. The first-order valence-electron chi connectivity index (χ1n) is 5.81. The van der Waals surface area contributed by atoms with Gasteiger partial charge in [0, 0.05) is 10.2 Å². The lowest BCUT2D eigenvalue weighted by molar-refractivity contribution is -0.139. The molecular formula is C14H7BrF5NO. The molecule has 0 spiro atoms. The van der Waals surface area contributed by atoms with E-state index in [1.165, 1.54) is 6.07 Å². The highest BCUT2D eigenvalue weighted by Gasteiger charge is 2.34. The van der Waals surface area contributed by atoms with E-state index in [2.05, 4.69) is 21.2 Å². The fourth-order valence-corrected chi connectivity index (χ4v) is 2.12. The number of carbonyl (C=O) groups is 1. The van der Waals surface area contributed by atoms with Crippen LogP contribution in [-0.4, -0.2) is 5.91 Å². The van der Waals surface area contributed by atoms with E-state index in [0.29, 0.717) is 12.1 Å². The molecule has 0 aliphatic heterocycles. The second-order valence-electron chi connectivity index (χ2n) is 4.27. The molecule has 2 rings (SSSR count). The largest absolute Gasteiger partial charge is 0.419 e. The molecule has 2 nitrogen and oxygen atoms in total. The maximum atomic E-state index is 13.2. The first-order valence-corrected chi connectivity index (χ1v) is 6.61. The molecule has 0 atom stereocenters. The number of amides is 1. The number of halogens is 6. The van der Waals surface area contributed by atoms with Gasteiger partial charge in [-0.25, -0.2) is 8.78 Å². The van der Waals surface area contributed by atoms with Gasteiger partial charge in [-0.15, -0.1) is 0 Å². The van der Waals surface area contributed by atoms with E-state index >= 15 is 0 Å². The summed E-state index contributed by atoms with van der Waals surface area (Å²) >= 11 is 3.03. The molecule has 0 heterocycles. The molecule has 2 aromatic rings. The first kappa shape index (κ1) is 16.4. The molecule has 0 fully saturated rings. The Balaban J connectivity index is 2.31. The molecular weight excluding hydrogens is 373 g/mol. The van der Waals surface area contributed by atoms with E-state index in [1.54, 1.807) is 0 Å². The molecule has 2 aromatic carbocycles. The standard InChI is InChI=1S/C14H7BrF5NO/c15-11-3-1-7(16)5-9(11)13(22)21-8-2-4-12(17)10(6-8)14(18,19)20/h1-6H,(H,21,22). The zero-order valence-electron chi connectivity index (χ0n) is 10.6. The molecule has 0 aromatic heterocycles. The fourth-order valence-electron chi connectivity index (χ4n) is 1.69. The molecule has 116 valence electrons. The Kier molecular flexibility index (Phi) is 4.50. The summed E-state index contributed by atoms with van der Waals surface area (Å²) in [4.78, 5) is 12.0. The van der Waals surface area contributed by atoms with Gasteiger partial charge in [0.2, 0.25) is 0 Å². The third-order valence-corrected chi connectivity index (χ3v) is 3.39. The van der Waals surface area contributed by atoms with Crippen LogP contribution < -0.4 is 5.32 Å². The third-order valence-electron chi connectivity index (χ3n) is 2.70. The van der Waals surface area contributed by atoms with Crippen LogP contribution in [0.4, 0.5) is 27.6 Å². The topological polar surface area (TPSA) is 29.1 Å². The SMILES string of the molecule is O=C(Nc1ccc(F)c(C(F)(F)F)c1)c1cc(F)ccc1Br. The van der Waals surface area contributed by atoms with Gasteiger partial charge in [0.1, 0.15) is 11.6 Å². The molecule has 0 unspecified atom stereocenters. The van der Waals surface area contributed by atoms with Gasteiger partial charge in [-0.3, -0.25) is 4.79 Å². The number of anilines is 1. The molecule has 1 N–H and O–H groups in total. The van der Waals surface area contributed by atoms with Gasteiger partial charge in [-0.05, 0) is 52.3 Å². The summed E-state index contributed by atoms with van der Waals surface area (Å²) in [6.45, 7) is 0. The zero-order valence-corrected chi connectivity index (χ0v) is 12.2. The van der Waals surface area contributed by atoms with Crippen molar-refractivity contribution in [1.29, 1.82) is 0 Å². The van der Waals surface area contributed by atoms with Crippen LogP contribution in [0.1, 0.15) is 15.9 Å². The van der Waals surface area contributed by atoms with Gasteiger partial charge >= 0.3 is 6.18 Å². The number of rotatable bonds is 2. The normalized spacial score (nSPS) is 11.4. The summed E-state index contributed by atoms with van der Waals surface area (Å²) in [7, 11) is 0. The molecule has 0 bridgehead atoms. The van der Waals surface area contributed by atoms with Gasteiger partial charge < -0.3 is 5.32 Å². The predicted octanol–water partition coefficient (Wildman–Crippen LogP) is 5.00. The van der Waals surface area contributed by atoms with E-state index in [4.69, 9.17) is 0 Å². The van der Waals surface area contributed by atoms with Crippen LogP contribution >= 0.6 is 15.9 Å². The van der Waals surface area contributed by atoms with Gasteiger partial charge in [-0.2, -0.15) is 13.2 Å². The minimum atomic E-state index is -4.88. The van der Waals surface area contributed by atoms with Crippen molar-refractivity contribution in [2.45, 2.75) is 6.18 Å². The van der Waals surface area contributed by atoms with Crippen molar-refractivity contribution in [3.63, 3.8) is 0 Å². The molecule has 1 amide bonds. The second-order valence-corrected chi connectivity index (χ2v) is 5.13. The van der Waals surface area contributed by atoms with Crippen LogP contribution in [0.5, 0.6) is 0 Å². The number of alkyl halides is 3. The Labute approximate surface area is 130 Å². The van der Waals surface area contributed by atoms with Crippen molar-refractivity contribution >= 4 is 27.5 Å². The van der Waals surface area contributed by atoms with Gasteiger partial charge in [0.25, 0.3) is 5.91 Å². The Morgan fingerprint density at radius 1 is 1.05 bits per heavy atom. The summed E-state index contributed by atoms with van der Waals surface area (Å²) < 4.78 is 64.3. The number of hydrogen-bond donors (Lipinski definition) is 1. The van der Waals surface area contributed by atoms with Crippen molar-refractivity contribution < 1.29 is 26.7 Å². The van der Waals surface area contributed by atoms with Crippen molar-refractivity contribution in [2.24, 2.45) is 0 Å². The molecule has 22 heavy (non-hydrogen) atoms. The Bertz CT molecular complexity index is 730. The summed E-state index contributed by atoms with van der Waals surface area (Å²) in [5, 5.41) is 2.16. The third kappa shape index (κ3) is 3.62. The predicted molar refractivity (Wildman–Crippen MR) is 73.5 cm³/mol. The number of benzene rings is 2. The van der Waals surface area contributed by atoms with E-state index in [1.807, 2.05) is 0 Å². The molecule has 0 aliphatic rings. The minimum Gasteiger partial charge on any atom is -0.322 e. The summed E-state index contributed by atoms with van der Waals surface area (Å²) in [6, 6.07) is 5.37. The molecule has 0 saturated heterocycles. The van der Waals surface area contributed by atoms with E-state index in [9.17, 15) is 26.7 Å². The lowest BCUT2D eigenvalue weighted by Crippen LogP contribution is -2.15. The molecule has 8 heteroatoms. The monoisotopic (exact) mass is 379 g/mol. The van der Waals surface area contributed by atoms with Gasteiger partial charge in [0.15, 0.2) is 0 Å². The van der Waals surface area contributed by atoms with Crippen molar-refractivity contribution in [3.05, 3.63) is 63.6 Å². The lowest BCUT2D eigenvalue weighted by Gasteiger charge is -2.11. The summed E-state index contributed by atoms with van der Waals surface area (Å²) in [5.74, 6) is -2.95. The van der Waals surface area contributed by atoms with Gasteiger partial charge in [0.05, 0.1) is 11.1 Å². The van der Waals surface area contributed by atoms with Gasteiger partial charge in [-0.1, -0.05) is 0 Å². The molecule has 0 radical (unpaired) electrons. The van der Waals surface area contributed by atoms with E-state index in [0.717, 1.165) is 18.2 Å². The Morgan fingerprint density at radius 3 is 2.36 bits per heavy atom. The highest BCUT2D eigenvalue weighted by atomic mass is 79.9. The lowest BCUT2D eigenvalue weighted by atomic mass is 10.1. The van der Waals surface area contributed by atoms with E-state index < -0.39 is 29.3 Å². The van der Waals surface area contributed by atoms with Crippen LogP contribution in [0, 0.1) is 11.6 Å². The van der Waals surface area contributed by atoms with Crippen LogP contribution in [0.15, 0.2) is 40.9 Å². The Morgan fingerprint density at radius 2 is 1.73 bits per heavy atom. The second kappa shape index (κ2) is 6.04. The highest BCUT2D eigenvalue weighted by Crippen LogP contribution is 2.33. The van der Waals surface area contributed by atoms with Crippen LogP contribution in [-0.2, 0) is 6.18 Å². The maximum absolute atomic E-state index is 13.2. The quantitative estimate of drug-likeness (QED) is 0.731. The summed E-state index contributed by atoms with van der Waals surface area (Å²) in [5.41, 5.74) is -1.85. The number of carbonyl (C=O) groups excluding carboxylic acids is 1. The number of hydrogen-bond acceptors (Lipinski definition) is 1. The summed E-state index contributed by atoms with van der Waals surface area (Å²) in [6.07, 6.45) is -4.88. The highest BCUT2D eigenvalue weighted by molar-refractivity contribution is 9.10. The van der Waals surface area contributed by atoms with E-state index in [-0.39, 0.29) is 15.7 Å². The Hall–Kier alpha value is -1.96. The zero-order chi connectivity index (χ0) is 16.5. The van der Waals surface area contributed by atoms with Crippen LogP contribution in [0.2, 0.25) is 0 Å². The van der Waals surface area contributed by atoms with Crippen LogP contribution in [0.3, 0.4) is 0 Å². The smallest absolute Gasteiger partial charge is 0.322 e. The minimum absolute atomic E-state index is 0.0992. The molecule has 0 aliphatic carbocycles.